The fourth-order valence-corrected chi connectivity index (χ4v) is 2.00. The number of carbonyl (C=O) groups is 1. The Morgan fingerprint density at radius 2 is 2.14 bits per heavy atom. The quantitative estimate of drug-likeness (QED) is 0.854. The number of halogens is 4. The number of rotatable bonds is 5. The average Bonchev–Trinajstić information content (AvgIpc) is 2.88. The maximum Gasteiger partial charge on any atom is 0.416 e. The minimum atomic E-state index is -4.46. The number of hydrogen-bond acceptors (Lipinski definition) is 2. The predicted octanol–water partition coefficient (Wildman–Crippen LogP) is 3.38. The summed E-state index contributed by atoms with van der Waals surface area (Å²) in [6.45, 7) is 0.877. The van der Waals surface area contributed by atoms with Gasteiger partial charge < -0.3 is 5.32 Å². The summed E-state index contributed by atoms with van der Waals surface area (Å²) >= 11 is 5.71. The molecule has 0 atom stereocenters. The number of aryl methyl sites for hydroxylation is 1. The highest BCUT2D eigenvalue weighted by Gasteiger charge is 2.30. The number of carbonyl (C=O) groups excluding carboxylic acids is 1. The second-order valence-electron chi connectivity index (χ2n) is 4.61. The summed E-state index contributed by atoms with van der Waals surface area (Å²) in [6.07, 6.45) is -0.725. The molecule has 118 valence electrons. The Morgan fingerprint density at radius 3 is 2.77 bits per heavy atom. The molecule has 0 fully saturated rings. The monoisotopic (exact) mass is 331 g/mol. The summed E-state index contributed by atoms with van der Waals surface area (Å²) in [5.41, 5.74) is -0.858. The van der Waals surface area contributed by atoms with Crippen molar-refractivity contribution >= 4 is 17.5 Å². The van der Waals surface area contributed by atoms with Gasteiger partial charge >= 0.3 is 6.18 Å². The third-order valence-electron chi connectivity index (χ3n) is 2.90. The Kier molecular flexibility index (Phi) is 5.07. The van der Waals surface area contributed by atoms with Crippen LogP contribution in [0.3, 0.4) is 0 Å². The fourth-order valence-electron chi connectivity index (χ4n) is 1.84. The van der Waals surface area contributed by atoms with E-state index in [1.165, 1.54) is 18.3 Å². The number of benzene rings is 1. The smallest absolute Gasteiger partial charge is 0.352 e. The van der Waals surface area contributed by atoms with Crippen LogP contribution in [0.5, 0.6) is 0 Å². The van der Waals surface area contributed by atoms with Gasteiger partial charge in [-0.15, -0.1) is 0 Å². The first-order valence-electron chi connectivity index (χ1n) is 6.49. The largest absolute Gasteiger partial charge is 0.416 e. The summed E-state index contributed by atoms with van der Waals surface area (Å²) in [5.74, 6) is -0.537. The fraction of sp³-hybridized carbons (Fsp3) is 0.286. The molecule has 4 nitrogen and oxygen atoms in total. The molecule has 0 saturated carbocycles. The predicted molar refractivity (Wildman–Crippen MR) is 75.6 cm³/mol. The van der Waals surface area contributed by atoms with Gasteiger partial charge in [0.2, 0.25) is 0 Å². The Labute approximate surface area is 129 Å². The number of aromatic nitrogens is 2. The van der Waals surface area contributed by atoms with Gasteiger partial charge in [-0.3, -0.25) is 9.48 Å². The van der Waals surface area contributed by atoms with Gasteiger partial charge in [0.1, 0.15) is 0 Å². The lowest BCUT2D eigenvalue weighted by molar-refractivity contribution is -0.137. The van der Waals surface area contributed by atoms with Gasteiger partial charge in [0, 0.05) is 24.8 Å². The first kappa shape index (κ1) is 16.4. The van der Waals surface area contributed by atoms with Gasteiger partial charge in [-0.1, -0.05) is 17.7 Å². The topological polar surface area (TPSA) is 46.9 Å². The summed E-state index contributed by atoms with van der Waals surface area (Å²) in [4.78, 5) is 11.8. The van der Waals surface area contributed by atoms with E-state index in [2.05, 4.69) is 10.4 Å². The molecule has 0 spiro atoms. The molecule has 1 aromatic heterocycles. The first-order chi connectivity index (χ1) is 10.4. The number of amides is 1. The molecule has 0 bridgehead atoms. The lowest BCUT2D eigenvalue weighted by Crippen LogP contribution is -2.25. The summed E-state index contributed by atoms with van der Waals surface area (Å²) < 4.78 is 39.3. The number of hydrogen-bond donors (Lipinski definition) is 1. The lowest BCUT2D eigenvalue weighted by Gasteiger charge is -2.09. The molecule has 0 aliphatic carbocycles. The summed E-state index contributed by atoms with van der Waals surface area (Å²) in [6, 6.07) is 4.32. The van der Waals surface area contributed by atoms with Gasteiger partial charge in [-0.2, -0.15) is 18.3 Å². The van der Waals surface area contributed by atoms with Crippen LogP contribution in [0.2, 0.25) is 5.02 Å². The van der Waals surface area contributed by atoms with Crippen molar-refractivity contribution in [3.05, 3.63) is 52.8 Å². The third-order valence-corrected chi connectivity index (χ3v) is 3.10. The van der Waals surface area contributed by atoms with Crippen molar-refractivity contribution in [1.82, 2.24) is 15.1 Å². The highest BCUT2D eigenvalue weighted by atomic mass is 35.5. The minimum Gasteiger partial charge on any atom is -0.352 e. The zero-order chi connectivity index (χ0) is 16.2. The van der Waals surface area contributed by atoms with Crippen LogP contribution in [0.1, 0.15) is 22.3 Å². The Morgan fingerprint density at radius 1 is 1.36 bits per heavy atom. The van der Waals surface area contributed by atoms with E-state index < -0.39 is 17.6 Å². The van der Waals surface area contributed by atoms with Crippen LogP contribution < -0.4 is 5.32 Å². The van der Waals surface area contributed by atoms with Gasteiger partial charge in [0.25, 0.3) is 5.91 Å². The van der Waals surface area contributed by atoms with Crippen LogP contribution in [0.25, 0.3) is 0 Å². The summed E-state index contributed by atoms with van der Waals surface area (Å²) in [7, 11) is 0. The SMILES string of the molecule is O=C(NCCCn1cc(Cl)cn1)c1cccc(C(F)(F)F)c1. The molecule has 0 saturated heterocycles. The molecule has 8 heteroatoms. The van der Waals surface area contributed by atoms with E-state index in [0.717, 1.165) is 12.1 Å². The van der Waals surface area contributed by atoms with E-state index in [4.69, 9.17) is 11.6 Å². The Bertz CT molecular complexity index is 655. The average molecular weight is 332 g/mol. The second-order valence-corrected chi connectivity index (χ2v) is 5.05. The molecule has 1 N–H and O–H groups in total. The van der Waals surface area contributed by atoms with Crippen molar-refractivity contribution in [2.24, 2.45) is 0 Å². The highest BCUT2D eigenvalue weighted by Crippen LogP contribution is 2.29. The second kappa shape index (κ2) is 6.83. The van der Waals surface area contributed by atoms with E-state index in [9.17, 15) is 18.0 Å². The third kappa shape index (κ3) is 4.49. The minimum absolute atomic E-state index is 0.0167. The molecular formula is C14H13ClF3N3O. The molecule has 1 aromatic carbocycles. The number of alkyl halides is 3. The molecule has 0 aliphatic heterocycles. The molecule has 0 unspecified atom stereocenters. The van der Waals surface area contributed by atoms with Gasteiger partial charge in [-0.05, 0) is 24.6 Å². The molecule has 22 heavy (non-hydrogen) atoms. The Balaban J connectivity index is 1.84. The van der Waals surface area contributed by atoms with Gasteiger partial charge in [-0.25, -0.2) is 0 Å². The molecule has 2 aromatic rings. The van der Waals surface area contributed by atoms with Crippen LogP contribution >= 0.6 is 11.6 Å². The van der Waals surface area contributed by atoms with Crippen molar-refractivity contribution in [2.45, 2.75) is 19.1 Å². The molecule has 1 amide bonds. The van der Waals surface area contributed by atoms with Crippen molar-refractivity contribution in [3.8, 4) is 0 Å². The van der Waals surface area contributed by atoms with E-state index in [1.54, 1.807) is 10.9 Å². The van der Waals surface area contributed by atoms with Crippen LogP contribution in [-0.2, 0) is 12.7 Å². The van der Waals surface area contributed by atoms with Crippen LogP contribution in [0, 0.1) is 0 Å². The van der Waals surface area contributed by atoms with Crippen LogP contribution in [0.4, 0.5) is 13.2 Å². The van der Waals surface area contributed by atoms with Crippen LogP contribution in [-0.4, -0.2) is 22.2 Å². The molecule has 1 heterocycles. The molecule has 2 rings (SSSR count). The Hall–Kier alpha value is -2.02. The number of nitrogens with one attached hydrogen (secondary N) is 1. The normalized spacial score (nSPS) is 11.5. The molecule has 0 radical (unpaired) electrons. The van der Waals surface area contributed by atoms with Gasteiger partial charge in [0.05, 0.1) is 16.8 Å². The van der Waals surface area contributed by atoms with Crippen molar-refractivity contribution in [1.29, 1.82) is 0 Å². The van der Waals surface area contributed by atoms with Crippen LogP contribution in [0.15, 0.2) is 36.7 Å². The highest BCUT2D eigenvalue weighted by molar-refractivity contribution is 6.30. The van der Waals surface area contributed by atoms with E-state index in [-0.39, 0.29) is 5.56 Å². The van der Waals surface area contributed by atoms with Crippen molar-refractivity contribution in [3.63, 3.8) is 0 Å². The maximum absolute atomic E-state index is 12.6. The first-order valence-corrected chi connectivity index (χ1v) is 6.87. The number of nitrogens with zero attached hydrogens (tertiary/aromatic N) is 2. The van der Waals surface area contributed by atoms with Gasteiger partial charge in [0.15, 0.2) is 0 Å². The van der Waals surface area contributed by atoms with E-state index in [0.29, 0.717) is 24.5 Å². The van der Waals surface area contributed by atoms with Crippen molar-refractivity contribution in [2.75, 3.05) is 6.54 Å². The molecular weight excluding hydrogens is 319 g/mol. The van der Waals surface area contributed by atoms with E-state index >= 15 is 0 Å². The summed E-state index contributed by atoms with van der Waals surface area (Å²) in [5, 5.41) is 7.07. The zero-order valence-electron chi connectivity index (χ0n) is 11.4. The van der Waals surface area contributed by atoms with Crippen molar-refractivity contribution < 1.29 is 18.0 Å². The zero-order valence-corrected chi connectivity index (χ0v) is 12.2. The lowest BCUT2D eigenvalue weighted by atomic mass is 10.1. The standard InChI is InChI=1S/C14H13ClF3N3O/c15-12-8-20-21(9-12)6-2-5-19-13(22)10-3-1-4-11(7-10)14(16,17)18/h1,3-4,7-9H,2,5-6H2,(H,19,22). The van der Waals surface area contributed by atoms with E-state index in [1.807, 2.05) is 0 Å². The molecule has 0 aliphatic rings. The maximum atomic E-state index is 12.6.